The lowest BCUT2D eigenvalue weighted by Crippen LogP contribution is -2.52. The Balaban J connectivity index is 3.51. The molecule has 0 saturated carbocycles. The molecule has 19 heavy (non-hydrogen) atoms. The van der Waals surface area contributed by atoms with Crippen LogP contribution in [0.3, 0.4) is 0 Å². The monoisotopic (exact) mass is 354 g/mol. The normalized spacial score (nSPS) is 15.5. The zero-order valence-electron chi connectivity index (χ0n) is 10.1. The minimum Gasteiger partial charge on any atom is -0.430 e. The molecule has 0 N–H and O–H groups in total. The molecule has 0 aliphatic heterocycles. The van der Waals surface area contributed by atoms with E-state index in [1.54, 1.807) is 0 Å². The van der Waals surface area contributed by atoms with Crippen molar-refractivity contribution in [3.63, 3.8) is 0 Å². The molecule has 0 fully saturated rings. The van der Waals surface area contributed by atoms with Gasteiger partial charge in [-0.15, -0.1) is 22.2 Å². The average molecular weight is 355 g/mol. The van der Waals surface area contributed by atoms with E-state index >= 15 is 0 Å². The fourth-order valence-corrected chi connectivity index (χ4v) is 10.5. The summed E-state index contributed by atoms with van der Waals surface area (Å²) < 4.78 is 71.5. The third-order valence-corrected chi connectivity index (χ3v) is 8.85. The second kappa shape index (κ2) is 5.32. The van der Waals surface area contributed by atoms with Crippen molar-refractivity contribution in [3.05, 3.63) is 29.1 Å². The van der Waals surface area contributed by atoms with Crippen LogP contribution in [0.2, 0.25) is 19.6 Å². The van der Waals surface area contributed by atoms with Crippen LogP contribution in [0.4, 0.5) is 22.0 Å². The van der Waals surface area contributed by atoms with Crippen molar-refractivity contribution in [1.29, 1.82) is 0 Å². The highest BCUT2D eigenvalue weighted by Crippen LogP contribution is 2.26. The van der Waals surface area contributed by atoms with E-state index in [1.165, 1.54) is 13.1 Å². The maximum Gasteiger partial charge on any atom is 0.316 e. The van der Waals surface area contributed by atoms with Gasteiger partial charge in [0, 0.05) is 0 Å². The van der Waals surface area contributed by atoms with E-state index in [9.17, 15) is 22.0 Å². The average Bonchev–Trinajstić information content (AvgIpc) is 2.20. The highest BCUT2D eigenvalue weighted by Gasteiger charge is 2.44. The first-order valence-electron chi connectivity index (χ1n) is 4.98. The summed E-state index contributed by atoms with van der Waals surface area (Å²) in [7, 11) is -6.72. The van der Waals surface area contributed by atoms with Crippen molar-refractivity contribution in [2.24, 2.45) is 0 Å². The van der Waals surface area contributed by atoms with Crippen LogP contribution in [-0.2, 0) is 4.12 Å². The molecule has 1 atom stereocenters. The highest BCUT2D eigenvalue weighted by atomic mass is 35.6. The van der Waals surface area contributed by atoms with Crippen molar-refractivity contribution >= 4 is 42.6 Å². The van der Waals surface area contributed by atoms with E-state index in [4.69, 9.17) is 26.3 Å². The molecule has 0 aromatic heterocycles. The van der Waals surface area contributed by atoms with Crippen LogP contribution in [0, 0.1) is 29.1 Å². The Morgan fingerprint density at radius 3 is 1.37 bits per heavy atom. The molecule has 10 heteroatoms. The molecular formula is C9H9Cl2F5OSi2. The first-order valence-corrected chi connectivity index (χ1v) is 12.3. The number of rotatable bonds is 3. The summed E-state index contributed by atoms with van der Waals surface area (Å²) in [5.41, 5.74) is 0. The van der Waals surface area contributed by atoms with E-state index in [0.29, 0.717) is 0 Å². The second-order valence-corrected chi connectivity index (χ2v) is 15.1. The minimum atomic E-state index is -3.88. The fourth-order valence-electron chi connectivity index (χ4n) is 1.50. The summed E-state index contributed by atoms with van der Waals surface area (Å²) in [4.78, 5) is 0. The van der Waals surface area contributed by atoms with Gasteiger partial charge < -0.3 is 4.12 Å². The summed E-state index contributed by atoms with van der Waals surface area (Å²) in [6, 6.07) is 0. The van der Waals surface area contributed by atoms with Crippen molar-refractivity contribution in [3.8, 4) is 0 Å². The van der Waals surface area contributed by atoms with Crippen LogP contribution in [0.1, 0.15) is 0 Å². The lowest BCUT2D eigenvalue weighted by molar-refractivity contribution is 0.382. The molecule has 0 saturated heterocycles. The van der Waals surface area contributed by atoms with Gasteiger partial charge in [-0.25, -0.2) is 22.0 Å². The molecule has 1 aromatic carbocycles. The zero-order chi connectivity index (χ0) is 15.2. The smallest absolute Gasteiger partial charge is 0.316 e. The Hall–Kier alpha value is -0.156. The number of hydrogen-bond acceptors (Lipinski definition) is 1. The molecule has 0 aliphatic rings. The van der Waals surface area contributed by atoms with Gasteiger partial charge in [0.2, 0.25) is 5.82 Å². The van der Waals surface area contributed by atoms with Gasteiger partial charge in [0.15, 0.2) is 23.3 Å². The predicted molar refractivity (Wildman–Crippen MR) is 67.8 cm³/mol. The maximum absolute atomic E-state index is 13.6. The van der Waals surface area contributed by atoms with Crippen molar-refractivity contribution < 1.29 is 26.1 Å². The molecule has 0 radical (unpaired) electrons. The van der Waals surface area contributed by atoms with E-state index in [0.717, 1.165) is 6.55 Å². The standard InChI is InChI=1S/C9H9Cl2F5OSi2/c1-18(2,10)17-19(3,11)9-7(15)5(13)4(12)6(14)8(9)16/h1-3H3. The summed E-state index contributed by atoms with van der Waals surface area (Å²) in [6.45, 7) is 4.03. The van der Waals surface area contributed by atoms with Crippen LogP contribution < -0.4 is 5.19 Å². The Kier molecular flexibility index (Phi) is 4.73. The molecule has 0 spiro atoms. The molecule has 1 rings (SSSR count). The molecule has 0 amide bonds. The van der Waals surface area contributed by atoms with Gasteiger partial charge in [0.25, 0.3) is 7.63 Å². The van der Waals surface area contributed by atoms with Crippen LogP contribution >= 0.6 is 22.2 Å². The van der Waals surface area contributed by atoms with Crippen molar-refractivity contribution in [2.45, 2.75) is 19.6 Å². The Labute approximate surface area is 117 Å². The molecule has 0 bridgehead atoms. The highest BCUT2D eigenvalue weighted by molar-refractivity contribution is 7.29. The minimum absolute atomic E-state index is 1.10. The summed E-state index contributed by atoms with van der Waals surface area (Å²) in [5.74, 6) is -10.3. The Bertz CT molecular complexity index is 489. The number of hydrogen-bond donors (Lipinski definition) is 0. The van der Waals surface area contributed by atoms with Gasteiger partial charge in [0.1, 0.15) is 0 Å². The lowest BCUT2D eigenvalue weighted by atomic mass is 10.3. The van der Waals surface area contributed by atoms with Gasteiger partial charge in [-0.1, -0.05) is 0 Å². The molecule has 1 nitrogen and oxygen atoms in total. The van der Waals surface area contributed by atoms with Gasteiger partial charge in [-0.3, -0.25) is 0 Å². The SMILES string of the molecule is C[Si](C)(Cl)O[Si](C)(Cl)c1c(F)c(F)c(F)c(F)c1F. The van der Waals surface area contributed by atoms with Gasteiger partial charge >= 0.3 is 7.63 Å². The van der Waals surface area contributed by atoms with Crippen LogP contribution in [0.15, 0.2) is 0 Å². The largest absolute Gasteiger partial charge is 0.430 e. The first kappa shape index (κ1) is 16.9. The molecule has 0 aliphatic carbocycles. The quantitative estimate of drug-likeness (QED) is 0.263. The van der Waals surface area contributed by atoms with Crippen LogP contribution in [0.25, 0.3) is 0 Å². The van der Waals surface area contributed by atoms with Crippen molar-refractivity contribution in [2.75, 3.05) is 0 Å². The zero-order valence-corrected chi connectivity index (χ0v) is 13.6. The van der Waals surface area contributed by atoms with Crippen molar-refractivity contribution in [1.82, 2.24) is 0 Å². The van der Waals surface area contributed by atoms with Crippen LogP contribution in [0.5, 0.6) is 0 Å². The number of halogens is 7. The lowest BCUT2D eigenvalue weighted by Gasteiger charge is -2.28. The molecule has 1 unspecified atom stereocenters. The van der Waals surface area contributed by atoms with Gasteiger partial charge in [-0.2, -0.15) is 0 Å². The first-order chi connectivity index (χ1) is 8.38. The van der Waals surface area contributed by atoms with E-state index in [1.807, 2.05) is 0 Å². The predicted octanol–water partition coefficient (Wildman–Crippen LogP) is 3.86. The topological polar surface area (TPSA) is 9.23 Å². The maximum atomic E-state index is 13.6. The summed E-state index contributed by atoms with van der Waals surface area (Å²) in [6.07, 6.45) is 0. The molecule has 0 heterocycles. The third-order valence-electron chi connectivity index (χ3n) is 2.09. The Morgan fingerprint density at radius 2 is 1.05 bits per heavy atom. The molecule has 108 valence electrons. The van der Waals surface area contributed by atoms with E-state index in [-0.39, 0.29) is 0 Å². The van der Waals surface area contributed by atoms with Crippen LogP contribution in [-0.4, -0.2) is 15.3 Å². The fraction of sp³-hybridized carbons (Fsp3) is 0.333. The number of benzene rings is 1. The van der Waals surface area contributed by atoms with Gasteiger partial charge in [-0.05, 0) is 19.6 Å². The van der Waals surface area contributed by atoms with E-state index < -0.39 is 49.5 Å². The van der Waals surface area contributed by atoms with Gasteiger partial charge in [0.05, 0.1) is 5.19 Å². The summed E-state index contributed by atoms with van der Waals surface area (Å²) >= 11 is 11.7. The Morgan fingerprint density at radius 1 is 0.737 bits per heavy atom. The van der Waals surface area contributed by atoms with E-state index in [2.05, 4.69) is 0 Å². The second-order valence-electron chi connectivity index (χ2n) is 4.33. The summed E-state index contributed by atoms with van der Waals surface area (Å²) in [5, 5.41) is -1.12. The molecule has 1 aromatic rings. The molecular weight excluding hydrogens is 346 g/mol. The third kappa shape index (κ3) is 3.49.